The highest BCUT2D eigenvalue weighted by molar-refractivity contribution is 5.67. The van der Waals surface area contributed by atoms with Crippen LogP contribution in [0.15, 0.2) is 30.3 Å². The van der Waals surface area contributed by atoms with Gasteiger partial charge in [0.25, 0.3) is 0 Å². The van der Waals surface area contributed by atoms with E-state index < -0.39 is 6.10 Å². The number of ether oxygens (including phenoxy) is 1. The Hall–Kier alpha value is -2.19. The number of esters is 1. The Balaban J connectivity index is 2.65. The predicted octanol–water partition coefficient (Wildman–Crippen LogP) is 3.55. The second kappa shape index (κ2) is 9.70. The second-order valence-corrected chi connectivity index (χ2v) is 4.40. The van der Waals surface area contributed by atoms with Gasteiger partial charge in [-0.15, -0.1) is 0 Å². The molecule has 0 fully saturated rings. The standard InChI is InChI=1S/C18H20O2/c1-3-4-5-6-10-13-18(20-16(2)19)15-14-17-11-8-7-9-12-17/h7-9,11-12,18H,3-6H2,1-2H3. The van der Waals surface area contributed by atoms with Crippen LogP contribution in [0.4, 0.5) is 0 Å². The molecule has 2 nitrogen and oxygen atoms in total. The van der Waals surface area contributed by atoms with Crippen molar-refractivity contribution in [2.45, 2.75) is 45.6 Å². The molecule has 1 rings (SSSR count). The van der Waals surface area contributed by atoms with Crippen LogP contribution in [0.5, 0.6) is 0 Å². The van der Waals surface area contributed by atoms with Crippen molar-refractivity contribution in [3.05, 3.63) is 35.9 Å². The average molecular weight is 268 g/mol. The molecule has 0 saturated carbocycles. The number of hydrogen-bond donors (Lipinski definition) is 0. The highest BCUT2D eigenvalue weighted by Gasteiger charge is 2.03. The molecule has 0 radical (unpaired) electrons. The van der Waals surface area contributed by atoms with Crippen LogP contribution in [0.2, 0.25) is 0 Å². The van der Waals surface area contributed by atoms with Gasteiger partial charge in [-0.05, 0) is 30.4 Å². The highest BCUT2D eigenvalue weighted by atomic mass is 16.5. The maximum Gasteiger partial charge on any atom is 0.304 e. The highest BCUT2D eigenvalue weighted by Crippen LogP contribution is 1.99. The molecule has 0 aliphatic carbocycles. The van der Waals surface area contributed by atoms with E-state index in [0.29, 0.717) is 0 Å². The van der Waals surface area contributed by atoms with E-state index in [0.717, 1.165) is 18.4 Å². The summed E-state index contributed by atoms with van der Waals surface area (Å²) in [5, 5.41) is 0. The lowest BCUT2D eigenvalue weighted by Gasteiger charge is -2.02. The SMILES string of the molecule is CCCCCC#CC(C#Cc1ccccc1)OC(C)=O. The molecule has 0 heterocycles. The van der Waals surface area contributed by atoms with E-state index in [4.69, 9.17) is 4.74 Å². The monoisotopic (exact) mass is 268 g/mol. The van der Waals surface area contributed by atoms with Gasteiger partial charge in [0.1, 0.15) is 0 Å². The van der Waals surface area contributed by atoms with Gasteiger partial charge < -0.3 is 4.74 Å². The molecule has 0 aliphatic heterocycles. The molecule has 2 heteroatoms. The third-order valence-electron chi connectivity index (χ3n) is 2.54. The molecule has 0 amide bonds. The van der Waals surface area contributed by atoms with Crippen molar-refractivity contribution in [1.82, 2.24) is 0 Å². The fraction of sp³-hybridized carbons (Fsp3) is 0.389. The van der Waals surface area contributed by atoms with Gasteiger partial charge in [0.15, 0.2) is 0 Å². The minimum absolute atomic E-state index is 0.361. The van der Waals surface area contributed by atoms with Crippen LogP contribution < -0.4 is 0 Å². The molecule has 0 bridgehead atoms. The molecule has 0 spiro atoms. The Bertz CT molecular complexity index is 523. The van der Waals surface area contributed by atoms with Gasteiger partial charge in [0.05, 0.1) is 0 Å². The van der Waals surface area contributed by atoms with Crippen molar-refractivity contribution < 1.29 is 9.53 Å². The predicted molar refractivity (Wildman–Crippen MR) is 80.8 cm³/mol. The van der Waals surface area contributed by atoms with E-state index in [1.165, 1.54) is 19.8 Å². The van der Waals surface area contributed by atoms with E-state index in [1.54, 1.807) is 0 Å². The summed E-state index contributed by atoms with van der Waals surface area (Å²) in [7, 11) is 0. The molecule has 0 aliphatic rings. The van der Waals surface area contributed by atoms with E-state index in [-0.39, 0.29) is 5.97 Å². The Morgan fingerprint density at radius 1 is 1.20 bits per heavy atom. The first kappa shape index (κ1) is 15.9. The maximum absolute atomic E-state index is 11.0. The summed E-state index contributed by atoms with van der Waals surface area (Å²) >= 11 is 0. The van der Waals surface area contributed by atoms with Crippen molar-refractivity contribution in [2.24, 2.45) is 0 Å². The van der Waals surface area contributed by atoms with E-state index >= 15 is 0 Å². The van der Waals surface area contributed by atoms with Gasteiger partial charge in [-0.2, -0.15) is 0 Å². The molecule has 20 heavy (non-hydrogen) atoms. The van der Waals surface area contributed by atoms with Gasteiger partial charge in [-0.25, -0.2) is 0 Å². The normalized spacial score (nSPS) is 10.5. The number of rotatable bonds is 4. The Morgan fingerprint density at radius 3 is 2.60 bits per heavy atom. The first-order chi connectivity index (χ1) is 9.72. The number of hydrogen-bond acceptors (Lipinski definition) is 2. The second-order valence-electron chi connectivity index (χ2n) is 4.40. The number of benzene rings is 1. The zero-order chi connectivity index (χ0) is 14.6. The summed E-state index contributed by atoms with van der Waals surface area (Å²) < 4.78 is 5.09. The summed E-state index contributed by atoms with van der Waals surface area (Å²) in [5.41, 5.74) is 0.887. The average Bonchev–Trinajstić information content (AvgIpc) is 2.45. The van der Waals surface area contributed by atoms with Crippen LogP contribution in [-0.2, 0) is 9.53 Å². The minimum atomic E-state index is -0.644. The van der Waals surface area contributed by atoms with Crippen molar-refractivity contribution in [3.8, 4) is 23.7 Å². The van der Waals surface area contributed by atoms with Crippen molar-refractivity contribution in [2.75, 3.05) is 0 Å². The Labute approximate surface area is 121 Å². The minimum Gasteiger partial charge on any atom is -0.437 e. The van der Waals surface area contributed by atoms with E-state index in [9.17, 15) is 4.79 Å². The lowest BCUT2D eigenvalue weighted by molar-refractivity contribution is -0.141. The maximum atomic E-state index is 11.0. The molecular weight excluding hydrogens is 248 g/mol. The smallest absolute Gasteiger partial charge is 0.304 e. The van der Waals surface area contributed by atoms with Crippen molar-refractivity contribution in [1.29, 1.82) is 0 Å². The van der Waals surface area contributed by atoms with Crippen molar-refractivity contribution >= 4 is 5.97 Å². The lowest BCUT2D eigenvalue weighted by Crippen LogP contribution is -2.11. The fourth-order valence-electron chi connectivity index (χ4n) is 1.56. The number of carbonyl (C=O) groups is 1. The molecule has 1 atom stereocenters. The third kappa shape index (κ3) is 7.29. The van der Waals surface area contributed by atoms with Crippen LogP contribution in [0, 0.1) is 23.7 Å². The van der Waals surface area contributed by atoms with Crippen LogP contribution in [0.1, 0.15) is 45.1 Å². The summed E-state index contributed by atoms with van der Waals surface area (Å²) in [6, 6.07) is 9.59. The van der Waals surface area contributed by atoms with Gasteiger partial charge in [-0.1, -0.05) is 49.8 Å². The molecule has 0 aromatic heterocycles. The molecule has 0 N–H and O–H groups in total. The van der Waals surface area contributed by atoms with Crippen LogP contribution in [0.25, 0.3) is 0 Å². The molecule has 104 valence electrons. The quantitative estimate of drug-likeness (QED) is 0.474. The van der Waals surface area contributed by atoms with Gasteiger partial charge in [-0.3, -0.25) is 4.79 Å². The molecule has 1 aromatic carbocycles. The fourth-order valence-corrected chi connectivity index (χ4v) is 1.56. The topological polar surface area (TPSA) is 26.3 Å². The Kier molecular flexibility index (Phi) is 7.70. The van der Waals surface area contributed by atoms with Crippen molar-refractivity contribution in [3.63, 3.8) is 0 Å². The van der Waals surface area contributed by atoms with Crippen LogP contribution in [0.3, 0.4) is 0 Å². The summed E-state index contributed by atoms with van der Waals surface area (Å²) in [6.07, 6.45) is 3.58. The lowest BCUT2D eigenvalue weighted by atomic mass is 10.2. The van der Waals surface area contributed by atoms with Gasteiger partial charge in [0, 0.05) is 18.9 Å². The first-order valence-electron chi connectivity index (χ1n) is 6.94. The van der Waals surface area contributed by atoms with E-state index in [2.05, 4.69) is 30.6 Å². The largest absolute Gasteiger partial charge is 0.437 e. The third-order valence-corrected chi connectivity index (χ3v) is 2.54. The van der Waals surface area contributed by atoms with Crippen LogP contribution in [-0.4, -0.2) is 12.1 Å². The van der Waals surface area contributed by atoms with Crippen LogP contribution >= 0.6 is 0 Å². The molecule has 1 unspecified atom stereocenters. The van der Waals surface area contributed by atoms with Gasteiger partial charge >= 0.3 is 5.97 Å². The molecular formula is C18H20O2. The summed E-state index contributed by atoms with van der Waals surface area (Å²) in [4.78, 5) is 11.0. The van der Waals surface area contributed by atoms with E-state index in [1.807, 2.05) is 30.3 Å². The zero-order valence-corrected chi connectivity index (χ0v) is 12.1. The molecule has 1 aromatic rings. The summed E-state index contributed by atoms with van der Waals surface area (Å²) in [5.74, 6) is 11.4. The zero-order valence-electron chi connectivity index (χ0n) is 12.1. The first-order valence-corrected chi connectivity index (χ1v) is 6.94. The Morgan fingerprint density at radius 2 is 1.95 bits per heavy atom. The number of unbranched alkanes of at least 4 members (excludes halogenated alkanes) is 3. The molecule has 0 saturated heterocycles. The summed E-state index contributed by atoms with van der Waals surface area (Å²) in [6.45, 7) is 3.52. The number of carbonyl (C=O) groups excluding carboxylic acids is 1. The van der Waals surface area contributed by atoms with Gasteiger partial charge in [0.2, 0.25) is 6.10 Å².